The van der Waals surface area contributed by atoms with E-state index < -0.39 is 0 Å². The first-order valence-corrected chi connectivity index (χ1v) is 13.2. The molecule has 1 aliphatic carbocycles. The van der Waals surface area contributed by atoms with Crippen molar-refractivity contribution in [3.63, 3.8) is 0 Å². The Labute approximate surface area is 227 Å². The topological polar surface area (TPSA) is 54.8 Å². The van der Waals surface area contributed by atoms with Crippen LogP contribution in [0.4, 0.5) is 5.69 Å². The standard InChI is InChI=1S/C31H28ClN3O3/c32-24-14-12-23(13-15-24)31-28-11-6-18-33(28)26-9-4-5-10-27(26)35(31)29(36)19-34(25-16-17-25)30(37)21-38-20-22-7-2-1-3-8-22/h1-15,18,25,31H,16-17,19-21H2. The van der Waals surface area contributed by atoms with Gasteiger partial charge in [-0.15, -0.1) is 0 Å². The highest BCUT2D eigenvalue weighted by atomic mass is 35.5. The van der Waals surface area contributed by atoms with Crippen molar-refractivity contribution in [3.8, 4) is 5.69 Å². The first kappa shape index (κ1) is 24.5. The van der Waals surface area contributed by atoms with Gasteiger partial charge in [-0.2, -0.15) is 0 Å². The van der Waals surface area contributed by atoms with Crippen LogP contribution in [-0.2, 0) is 20.9 Å². The second-order valence-electron chi connectivity index (χ2n) is 9.74. The van der Waals surface area contributed by atoms with Crippen molar-refractivity contribution in [2.24, 2.45) is 0 Å². The van der Waals surface area contributed by atoms with E-state index in [1.165, 1.54) is 0 Å². The van der Waals surface area contributed by atoms with E-state index in [0.717, 1.165) is 41.0 Å². The summed E-state index contributed by atoms with van der Waals surface area (Å²) in [5.41, 5.74) is 4.68. The fourth-order valence-electron chi connectivity index (χ4n) is 5.16. The minimum atomic E-state index is -0.352. The summed E-state index contributed by atoms with van der Waals surface area (Å²) in [6.07, 6.45) is 3.82. The van der Waals surface area contributed by atoms with Gasteiger partial charge in [0.25, 0.3) is 0 Å². The second kappa shape index (κ2) is 10.5. The third-order valence-electron chi connectivity index (χ3n) is 7.12. The molecule has 1 saturated carbocycles. The number of ether oxygens (including phenoxy) is 1. The first-order valence-electron chi connectivity index (χ1n) is 12.9. The van der Waals surface area contributed by atoms with E-state index in [2.05, 4.69) is 4.57 Å². The van der Waals surface area contributed by atoms with E-state index in [4.69, 9.17) is 16.3 Å². The number of hydrogen-bond acceptors (Lipinski definition) is 3. The highest BCUT2D eigenvalue weighted by Crippen LogP contribution is 2.42. The molecule has 2 amide bonds. The quantitative estimate of drug-likeness (QED) is 0.293. The summed E-state index contributed by atoms with van der Waals surface area (Å²) >= 11 is 6.19. The molecule has 2 aliphatic rings. The number of carbonyl (C=O) groups is 2. The van der Waals surface area contributed by atoms with Crippen LogP contribution in [-0.4, -0.2) is 40.5 Å². The molecule has 0 bridgehead atoms. The number of rotatable bonds is 8. The van der Waals surface area contributed by atoms with Crippen LogP contribution >= 0.6 is 11.6 Å². The van der Waals surface area contributed by atoms with Crippen LogP contribution in [0.1, 0.15) is 35.7 Å². The maximum absolute atomic E-state index is 14.1. The minimum Gasteiger partial charge on any atom is -0.367 e. The minimum absolute atomic E-state index is 0.00265. The molecule has 7 heteroatoms. The monoisotopic (exact) mass is 525 g/mol. The van der Waals surface area contributed by atoms with E-state index in [-0.39, 0.29) is 37.0 Å². The van der Waals surface area contributed by atoms with Crippen LogP contribution in [0, 0.1) is 0 Å². The van der Waals surface area contributed by atoms with Crippen molar-refractivity contribution in [2.45, 2.75) is 31.5 Å². The molecular weight excluding hydrogens is 498 g/mol. The van der Waals surface area contributed by atoms with Crippen molar-refractivity contribution in [1.82, 2.24) is 9.47 Å². The van der Waals surface area contributed by atoms with Crippen LogP contribution in [0.3, 0.4) is 0 Å². The zero-order valence-electron chi connectivity index (χ0n) is 20.9. The average Bonchev–Trinajstić information content (AvgIpc) is 3.67. The van der Waals surface area contributed by atoms with Crippen molar-refractivity contribution < 1.29 is 14.3 Å². The maximum atomic E-state index is 14.1. The van der Waals surface area contributed by atoms with Crippen LogP contribution in [0.25, 0.3) is 5.69 Å². The molecule has 6 rings (SSSR count). The fourth-order valence-corrected chi connectivity index (χ4v) is 5.29. The predicted molar refractivity (Wildman–Crippen MR) is 147 cm³/mol. The highest BCUT2D eigenvalue weighted by Gasteiger charge is 2.39. The number of para-hydroxylation sites is 2. The summed E-state index contributed by atoms with van der Waals surface area (Å²) in [4.78, 5) is 30.9. The number of halogens is 1. The number of anilines is 1. The molecule has 1 aromatic heterocycles. The third kappa shape index (κ3) is 4.85. The van der Waals surface area contributed by atoms with Gasteiger partial charge in [-0.25, -0.2) is 0 Å². The van der Waals surface area contributed by atoms with E-state index >= 15 is 0 Å². The fraction of sp³-hybridized carbons (Fsp3) is 0.226. The number of benzene rings is 3. The molecule has 6 nitrogen and oxygen atoms in total. The van der Waals surface area contributed by atoms with E-state index in [9.17, 15) is 9.59 Å². The van der Waals surface area contributed by atoms with Gasteiger partial charge < -0.3 is 14.2 Å². The second-order valence-corrected chi connectivity index (χ2v) is 10.2. The molecule has 2 heterocycles. The van der Waals surface area contributed by atoms with Gasteiger partial charge in [-0.1, -0.05) is 66.2 Å². The summed E-state index contributed by atoms with van der Waals surface area (Å²) in [6, 6.07) is 29.0. The molecule has 0 N–H and O–H groups in total. The maximum Gasteiger partial charge on any atom is 0.249 e. The largest absolute Gasteiger partial charge is 0.367 e. The molecule has 38 heavy (non-hydrogen) atoms. The smallest absolute Gasteiger partial charge is 0.249 e. The number of amides is 2. The highest BCUT2D eigenvalue weighted by molar-refractivity contribution is 6.30. The Kier molecular flexibility index (Phi) is 6.75. The van der Waals surface area contributed by atoms with Crippen LogP contribution in [0.2, 0.25) is 5.02 Å². The number of aromatic nitrogens is 1. The zero-order valence-corrected chi connectivity index (χ0v) is 21.6. The molecule has 1 unspecified atom stereocenters. The normalized spacial score (nSPS) is 16.0. The molecule has 1 fully saturated rings. The first-order chi connectivity index (χ1) is 18.6. The lowest BCUT2D eigenvalue weighted by atomic mass is 9.97. The number of nitrogens with zero attached hydrogens (tertiary/aromatic N) is 3. The number of carbonyl (C=O) groups excluding carboxylic acids is 2. The van der Waals surface area contributed by atoms with E-state index in [1.54, 1.807) is 4.90 Å². The van der Waals surface area contributed by atoms with Gasteiger partial charge in [0, 0.05) is 17.3 Å². The number of fused-ring (bicyclic) bond motifs is 3. The summed E-state index contributed by atoms with van der Waals surface area (Å²) in [5.74, 6) is -0.290. The molecule has 0 spiro atoms. The molecule has 0 radical (unpaired) electrons. The van der Waals surface area contributed by atoms with E-state index in [1.807, 2.05) is 102 Å². The molecule has 1 atom stereocenters. The molecule has 0 saturated heterocycles. The summed E-state index contributed by atoms with van der Waals surface area (Å²) in [5, 5.41) is 0.638. The lowest BCUT2D eigenvalue weighted by Crippen LogP contribution is -2.48. The average molecular weight is 526 g/mol. The van der Waals surface area contributed by atoms with Crippen LogP contribution in [0.15, 0.2) is 97.2 Å². The van der Waals surface area contributed by atoms with Crippen molar-refractivity contribution in [2.75, 3.05) is 18.1 Å². The SMILES string of the molecule is O=C(COCc1ccccc1)N(CC(=O)N1c2ccccc2-n2cccc2C1c1ccc(Cl)cc1)C1CC1. The van der Waals surface area contributed by atoms with Crippen LogP contribution < -0.4 is 4.90 Å². The van der Waals surface area contributed by atoms with Gasteiger partial charge in [0.05, 0.1) is 23.7 Å². The predicted octanol–water partition coefficient (Wildman–Crippen LogP) is 5.77. The Bertz CT molecular complexity index is 1450. The van der Waals surface area contributed by atoms with E-state index in [0.29, 0.717) is 11.6 Å². The molecule has 4 aromatic rings. The van der Waals surface area contributed by atoms with Crippen molar-refractivity contribution in [1.29, 1.82) is 0 Å². The Hall–Kier alpha value is -3.87. The van der Waals surface area contributed by atoms with Gasteiger partial charge in [0.2, 0.25) is 11.8 Å². The molecule has 192 valence electrons. The Morgan fingerprint density at radius 2 is 1.58 bits per heavy atom. The lowest BCUT2D eigenvalue weighted by molar-refractivity contribution is -0.140. The molecule has 3 aromatic carbocycles. The zero-order chi connectivity index (χ0) is 26.1. The summed E-state index contributed by atoms with van der Waals surface area (Å²) < 4.78 is 7.85. The van der Waals surface area contributed by atoms with Gasteiger partial charge in [-0.3, -0.25) is 14.5 Å². The Morgan fingerprint density at radius 3 is 2.32 bits per heavy atom. The van der Waals surface area contributed by atoms with Crippen LogP contribution in [0.5, 0.6) is 0 Å². The lowest BCUT2D eigenvalue weighted by Gasteiger charge is -2.39. The Morgan fingerprint density at radius 1 is 0.868 bits per heavy atom. The van der Waals surface area contributed by atoms with Gasteiger partial charge >= 0.3 is 0 Å². The van der Waals surface area contributed by atoms with Gasteiger partial charge in [0.1, 0.15) is 19.2 Å². The molecular formula is C31H28ClN3O3. The Balaban J connectivity index is 1.28. The van der Waals surface area contributed by atoms with Crippen molar-refractivity contribution in [3.05, 3.63) is 119 Å². The molecule has 1 aliphatic heterocycles. The number of hydrogen-bond donors (Lipinski definition) is 0. The third-order valence-corrected chi connectivity index (χ3v) is 7.38. The summed E-state index contributed by atoms with van der Waals surface area (Å²) in [6.45, 7) is 0.296. The summed E-state index contributed by atoms with van der Waals surface area (Å²) in [7, 11) is 0. The van der Waals surface area contributed by atoms with Gasteiger partial charge in [0.15, 0.2) is 0 Å². The van der Waals surface area contributed by atoms with Crippen molar-refractivity contribution >= 4 is 29.1 Å². The van der Waals surface area contributed by atoms with Gasteiger partial charge in [-0.05, 0) is 60.4 Å².